The predicted octanol–water partition coefficient (Wildman–Crippen LogP) is 5.84. The molecule has 0 atom stereocenters. The van der Waals surface area contributed by atoms with Gasteiger partial charge in [0.1, 0.15) is 11.8 Å². The van der Waals surface area contributed by atoms with E-state index in [1.807, 2.05) is 25.1 Å². The van der Waals surface area contributed by atoms with Gasteiger partial charge in [-0.2, -0.15) is 4.98 Å². The molecule has 144 valence electrons. The molecular weight excluding hydrogens is 412 g/mol. The number of nitro groups is 1. The zero-order chi connectivity index (χ0) is 20.4. The van der Waals surface area contributed by atoms with Crippen LogP contribution in [0.25, 0.3) is 10.9 Å². The molecule has 4 aromatic rings. The Morgan fingerprint density at radius 2 is 1.86 bits per heavy atom. The fourth-order valence-electron chi connectivity index (χ4n) is 2.67. The molecule has 0 saturated heterocycles. The largest absolute Gasteiger partial charge is 0.431 e. The number of nitrogens with zero attached hydrogens (tertiary/aromatic N) is 4. The van der Waals surface area contributed by atoms with E-state index in [0.29, 0.717) is 16.3 Å². The summed E-state index contributed by atoms with van der Waals surface area (Å²) in [5, 5.41) is 13.4. The van der Waals surface area contributed by atoms with Gasteiger partial charge in [0, 0.05) is 21.0 Å². The molecule has 0 aliphatic rings. The Hall–Kier alpha value is -3.23. The predicted molar refractivity (Wildman–Crippen MR) is 111 cm³/mol. The Kier molecular flexibility index (Phi) is 5.28. The molecule has 0 fully saturated rings. The van der Waals surface area contributed by atoms with Gasteiger partial charge in [-0.25, -0.2) is 9.97 Å². The molecule has 2 aromatic heterocycles. The van der Waals surface area contributed by atoms with Gasteiger partial charge >= 0.3 is 11.6 Å². The zero-order valence-corrected chi connectivity index (χ0v) is 16.6. The van der Waals surface area contributed by atoms with Crippen LogP contribution in [0.1, 0.15) is 5.69 Å². The van der Waals surface area contributed by atoms with Gasteiger partial charge in [0.05, 0.1) is 4.92 Å². The van der Waals surface area contributed by atoms with Gasteiger partial charge < -0.3 is 4.74 Å². The van der Waals surface area contributed by atoms with E-state index in [4.69, 9.17) is 16.3 Å². The smallest absolute Gasteiger partial charge is 0.363 e. The lowest BCUT2D eigenvalue weighted by atomic mass is 10.2. The van der Waals surface area contributed by atoms with Crippen molar-refractivity contribution in [2.75, 3.05) is 0 Å². The summed E-state index contributed by atoms with van der Waals surface area (Å²) in [6.45, 7) is 1.87. The number of fused-ring (bicyclic) bond motifs is 1. The topological polar surface area (TPSA) is 91.0 Å². The van der Waals surface area contributed by atoms with E-state index in [2.05, 4.69) is 15.0 Å². The van der Waals surface area contributed by atoms with Crippen molar-refractivity contribution < 1.29 is 9.66 Å². The summed E-state index contributed by atoms with van der Waals surface area (Å²) in [6, 6.07) is 16.1. The molecule has 0 spiro atoms. The molecule has 2 aromatic carbocycles. The third-order valence-corrected chi connectivity index (χ3v) is 5.25. The van der Waals surface area contributed by atoms with Crippen molar-refractivity contribution in [3.8, 4) is 11.6 Å². The van der Waals surface area contributed by atoms with Crippen LogP contribution in [0.15, 0.2) is 70.8 Å². The Balaban J connectivity index is 1.76. The molecule has 0 N–H and O–H groups in total. The highest BCUT2D eigenvalue weighted by molar-refractivity contribution is 7.99. The Bertz CT molecular complexity index is 1220. The minimum atomic E-state index is -0.544. The average molecular weight is 425 g/mol. The number of para-hydroxylation sites is 1. The summed E-state index contributed by atoms with van der Waals surface area (Å²) in [4.78, 5) is 24.6. The second-order valence-corrected chi connectivity index (χ2v) is 7.53. The van der Waals surface area contributed by atoms with Crippen molar-refractivity contribution in [2.45, 2.75) is 16.8 Å². The molecular formula is C20H13ClN4O3S. The first-order chi connectivity index (χ1) is 14.0. The highest BCUT2D eigenvalue weighted by Gasteiger charge is 2.26. The van der Waals surface area contributed by atoms with Crippen molar-refractivity contribution >= 4 is 40.0 Å². The first-order valence-corrected chi connectivity index (χ1v) is 9.68. The van der Waals surface area contributed by atoms with Gasteiger partial charge in [-0.15, -0.1) is 0 Å². The highest BCUT2D eigenvalue weighted by Crippen LogP contribution is 2.40. The molecule has 7 nitrogen and oxygen atoms in total. The van der Waals surface area contributed by atoms with Crippen molar-refractivity contribution in [1.82, 2.24) is 15.0 Å². The summed E-state index contributed by atoms with van der Waals surface area (Å²) in [5.41, 5.74) is 1.11. The van der Waals surface area contributed by atoms with E-state index in [-0.39, 0.29) is 16.6 Å². The fourth-order valence-corrected chi connectivity index (χ4v) is 3.65. The number of aryl methyl sites for hydroxylation is 1. The van der Waals surface area contributed by atoms with Crippen molar-refractivity contribution in [3.63, 3.8) is 0 Å². The molecule has 0 radical (unpaired) electrons. The number of ether oxygens (including phenoxy) is 1. The maximum Gasteiger partial charge on any atom is 0.363 e. The molecule has 0 unspecified atom stereocenters. The van der Waals surface area contributed by atoms with Crippen LogP contribution >= 0.6 is 23.4 Å². The second-order valence-electron chi connectivity index (χ2n) is 6.03. The molecule has 0 aliphatic heterocycles. The first-order valence-electron chi connectivity index (χ1n) is 8.48. The minimum absolute atomic E-state index is 0.141. The monoisotopic (exact) mass is 424 g/mol. The molecule has 29 heavy (non-hydrogen) atoms. The van der Waals surface area contributed by atoms with Crippen LogP contribution in [0.4, 0.5) is 5.69 Å². The molecule has 2 heterocycles. The van der Waals surface area contributed by atoms with E-state index in [1.165, 1.54) is 6.33 Å². The summed E-state index contributed by atoms with van der Waals surface area (Å²) >= 11 is 7.04. The number of rotatable bonds is 5. The third-order valence-electron chi connectivity index (χ3n) is 3.99. The van der Waals surface area contributed by atoms with E-state index < -0.39 is 4.92 Å². The van der Waals surface area contributed by atoms with Crippen LogP contribution in [0.3, 0.4) is 0 Å². The molecule has 4 rings (SSSR count). The normalized spacial score (nSPS) is 10.8. The second kappa shape index (κ2) is 8.02. The Morgan fingerprint density at radius 3 is 2.62 bits per heavy atom. The van der Waals surface area contributed by atoms with Gasteiger partial charge in [-0.3, -0.25) is 10.1 Å². The van der Waals surface area contributed by atoms with Crippen LogP contribution in [0, 0.1) is 17.0 Å². The van der Waals surface area contributed by atoms with Gasteiger partial charge in [0.25, 0.3) is 0 Å². The van der Waals surface area contributed by atoms with Crippen LogP contribution < -0.4 is 4.74 Å². The fraction of sp³-hybridized carbons (Fsp3) is 0.0500. The molecule has 0 amide bonds. The SMILES string of the molecule is Cc1ccc2cccc(Oc3ncnc(Sc4ccc(Cl)cc4)c3[N+](=O)[O-])c2n1. The van der Waals surface area contributed by atoms with Crippen LogP contribution in [-0.2, 0) is 0 Å². The lowest BCUT2D eigenvalue weighted by Gasteiger charge is -2.09. The van der Waals surface area contributed by atoms with Crippen LogP contribution in [0.2, 0.25) is 5.02 Å². The molecule has 0 saturated carbocycles. The summed E-state index contributed by atoms with van der Waals surface area (Å²) < 4.78 is 5.85. The summed E-state index contributed by atoms with van der Waals surface area (Å²) in [6.07, 6.45) is 1.24. The van der Waals surface area contributed by atoms with Crippen molar-refractivity contribution in [2.24, 2.45) is 0 Å². The zero-order valence-electron chi connectivity index (χ0n) is 15.1. The number of aromatic nitrogens is 3. The number of hydrogen-bond acceptors (Lipinski definition) is 7. The number of halogens is 1. The van der Waals surface area contributed by atoms with E-state index >= 15 is 0 Å². The van der Waals surface area contributed by atoms with E-state index in [0.717, 1.165) is 27.7 Å². The van der Waals surface area contributed by atoms with Crippen molar-refractivity contribution in [3.05, 3.63) is 81.8 Å². The molecule has 0 bridgehead atoms. The Morgan fingerprint density at radius 1 is 1.07 bits per heavy atom. The number of hydrogen-bond donors (Lipinski definition) is 0. The van der Waals surface area contributed by atoms with Gasteiger partial charge in [-0.1, -0.05) is 41.6 Å². The molecule has 0 aliphatic carbocycles. The average Bonchev–Trinajstić information content (AvgIpc) is 2.70. The lowest BCUT2D eigenvalue weighted by molar-refractivity contribution is -0.389. The van der Waals surface area contributed by atoms with Gasteiger partial charge in [0.15, 0.2) is 10.8 Å². The Labute approximate surface area is 174 Å². The summed E-state index contributed by atoms with van der Waals surface area (Å²) in [7, 11) is 0. The standard InChI is InChI=1S/C20H13ClN4O3S/c1-12-5-6-13-3-2-4-16(17(13)24-12)28-19-18(25(26)27)20(23-11-22-19)29-15-9-7-14(21)8-10-15/h2-11H,1H3. The van der Waals surface area contributed by atoms with Gasteiger partial charge in [-0.05, 0) is 43.3 Å². The van der Waals surface area contributed by atoms with Gasteiger partial charge in [0.2, 0.25) is 0 Å². The molecule has 9 heteroatoms. The first kappa shape index (κ1) is 19.1. The quantitative estimate of drug-likeness (QED) is 0.226. The van der Waals surface area contributed by atoms with Crippen LogP contribution in [-0.4, -0.2) is 19.9 Å². The number of benzene rings is 2. The maximum absolute atomic E-state index is 11.8. The lowest BCUT2D eigenvalue weighted by Crippen LogP contribution is -2.00. The van der Waals surface area contributed by atoms with E-state index in [9.17, 15) is 10.1 Å². The third kappa shape index (κ3) is 4.13. The van der Waals surface area contributed by atoms with E-state index in [1.54, 1.807) is 36.4 Å². The van der Waals surface area contributed by atoms with Crippen molar-refractivity contribution in [1.29, 1.82) is 0 Å². The van der Waals surface area contributed by atoms with Crippen LogP contribution in [0.5, 0.6) is 11.6 Å². The summed E-state index contributed by atoms with van der Waals surface area (Å²) in [5.74, 6) is 0.243. The highest BCUT2D eigenvalue weighted by atomic mass is 35.5. The maximum atomic E-state index is 11.8. The minimum Gasteiger partial charge on any atom is -0.431 e. The number of pyridine rings is 1.